The van der Waals surface area contributed by atoms with Crippen molar-refractivity contribution >= 4 is 58.8 Å². The van der Waals surface area contributed by atoms with Crippen molar-refractivity contribution in [2.24, 2.45) is 11.8 Å². The van der Waals surface area contributed by atoms with Crippen LogP contribution in [0.2, 0.25) is 5.02 Å². The lowest BCUT2D eigenvalue weighted by atomic mass is 9.68. The number of nitrogens with zero attached hydrogens (tertiary/aromatic N) is 3. The van der Waals surface area contributed by atoms with Gasteiger partial charge in [0.2, 0.25) is 0 Å². The van der Waals surface area contributed by atoms with E-state index in [9.17, 15) is 8.78 Å². The van der Waals surface area contributed by atoms with Crippen LogP contribution < -0.4 is 5.32 Å². The Morgan fingerprint density at radius 1 is 1.17 bits per heavy atom. The Kier molecular flexibility index (Phi) is 5.36. The van der Waals surface area contributed by atoms with Gasteiger partial charge < -0.3 is 5.32 Å². The molecular formula is C20H18ClF2IN4S. The molecule has 3 aromatic rings. The summed E-state index contributed by atoms with van der Waals surface area (Å²) in [5, 5.41) is 4.43. The monoisotopic (exact) mass is 546 g/mol. The van der Waals surface area contributed by atoms with E-state index in [1.165, 1.54) is 34.8 Å². The second-order valence-electron chi connectivity index (χ2n) is 7.88. The average molecular weight is 547 g/mol. The van der Waals surface area contributed by atoms with Crippen LogP contribution in [0.1, 0.15) is 32.1 Å². The van der Waals surface area contributed by atoms with Gasteiger partial charge in [-0.05, 0) is 37.2 Å². The van der Waals surface area contributed by atoms with Gasteiger partial charge in [-0.1, -0.05) is 24.4 Å². The maximum Gasteiger partial charge on any atom is 0.168 e. The standard InChI is InChI=1S/C20H18ClF2IN4S/c21-12-6-13-14(9-28(29-24)20(13)25-8-12)18-15(22)7-16(23)19(27-18)26-17-5-10-1-3-11(17)4-2-10/h6-11,17H,1-5H2,(H,26,27). The molecule has 0 amide bonds. The fourth-order valence-corrected chi connectivity index (χ4v) is 6.20. The number of aromatic nitrogens is 3. The number of fused-ring (bicyclic) bond motifs is 4. The van der Waals surface area contributed by atoms with Crippen LogP contribution >= 0.6 is 41.9 Å². The first kappa shape index (κ1) is 19.8. The van der Waals surface area contributed by atoms with E-state index in [0.717, 1.165) is 12.5 Å². The lowest BCUT2D eigenvalue weighted by molar-refractivity contribution is 0.157. The zero-order valence-electron chi connectivity index (χ0n) is 15.3. The van der Waals surface area contributed by atoms with Crippen molar-refractivity contribution in [1.82, 2.24) is 13.9 Å². The van der Waals surface area contributed by atoms with Crippen LogP contribution in [0.15, 0.2) is 24.5 Å². The minimum Gasteiger partial charge on any atom is -0.365 e. The van der Waals surface area contributed by atoms with Crippen molar-refractivity contribution in [2.45, 2.75) is 38.1 Å². The molecule has 0 aliphatic heterocycles. The highest BCUT2D eigenvalue weighted by Gasteiger charge is 2.36. The molecule has 3 aromatic heterocycles. The molecule has 3 heterocycles. The number of hydrogen-bond donors (Lipinski definition) is 1. The third kappa shape index (κ3) is 3.61. The maximum atomic E-state index is 14.8. The van der Waals surface area contributed by atoms with Crippen LogP contribution in [0.25, 0.3) is 22.3 Å². The van der Waals surface area contributed by atoms with Crippen LogP contribution in [-0.2, 0) is 0 Å². The second-order valence-corrected chi connectivity index (χ2v) is 10.0. The third-order valence-corrected chi connectivity index (χ3v) is 8.11. The van der Waals surface area contributed by atoms with E-state index in [1.54, 1.807) is 18.5 Å². The summed E-state index contributed by atoms with van der Waals surface area (Å²) in [6, 6.07) is 2.86. The molecule has 3 fully saturated rings. The minimum atomic E-state index is -0.698. The van der Waals surface area contributed by atoms with Crippen LogP contribution in [0, 0.1) is 23.5 Å². The van der Waals surface area contributed by atoms with Crippen molar-refractivity contribution in [2.75, 3.05) is 5.32 Å². The van der Waals surface area contributed by atoms with Crippen molar-refractivity contribution < 1.29 is 8.78 Å². The first-order chi connectivity index (χ1) is 14.0. The first-order valence-electron chi connectivity index (χ1n) is 9.62. The molecule has 6 rings (SSSR count). The quantitative estimate of drug-likeness (QED) is 0.363. The van der Waals surface area contributed by atoms with E-state index in [-0.39, 0.29) is 17.6 Å². The number of pyridine rings is 2. The van der Waals surface area contributed by atoms with Crippen molar-refractivity contribution in [3.05, 3.63) is 41.2 Å². The molecule has 1 atom stereocenters. The predicted octanol–water partition coefficient (Wildman–Crippen LogP) is 6.87. The molecule has 2 bridgehead atoms. The Morgan fingerprint density at radius 2 is 1.97 bits per heavy atom. The highest BCUT2D eigenvalue weighted by atomic mass is 127. The Morgan fingerprint density at radius 3 is 2.66 bits per heavy atom. The topological polar surface area (TPSA) is 42.7 Å². The Hall–Kier alpha value is -1.13. The van der Waals surface area contributed by atoms with Gasteiger partial charge in [0.25, 0.3) is 0 Å². The second kappa shape index (κ2) is 7.85. The zero-order valence-corrected chi connectivity index (χ0v) is 19.1. The highest BCUT2D eigenvalue weighted by Crippen LogP contribution is 2.43. The van der Waals surface area contributed by atoms with Gasteiger partial charge in [-0.3, -0.25) is 3.97 Å². The van der Waals surface area contributed by atoms with Gasteiger partial charge in [0.05, 0.1) is 5.02 Å². The van der Waals surface area contributed by atoms with Crippen molar-refractivity contribution in [1.29, 1.82) is 0 Å². The van der Waals surface area contributed by atoms with Crippen LogP contribution in [0.5, 0.6) is 0 Å². The van der Waals surface area contributed by atoms with Gasteiger partial charge >= 0.3 is 0 Å². The molecule has 4 nitrogen and oxygen atoms in total. The molecule has 3 aliphatic rings. The van der Waals surface area contributed by atoms with Crippen LogP contribution in [0.3, 0.4) is 0 Å². The van der Waals surface area contributed by atoms with E-state index in [2.05, 4.69) is 36.5 Å². The summed E-state index contributed by atoms with van der Waals surface area (Å²) >= 11 is 8.26. The Balaban J connectivity index is 1.57. The summed E-state index contributed by atoms with van der Waals surface area (Å²) in [7, 11) is 1.41. The number of nitrogens with one attached hydrogen (secondary N) is 1. The number of rotatable bonds is 4. The predicted molar refractivity (Wildman–Crippen MR) is 122 cm³/mol. The minimum absolute atomic E-state index is 0.105. The number of hydrogen-bond acceptors (Lipinski definition) is 4. The molecule has 0 radical (unpaired) electrons. The SMILES string of the molecule is Fc1cc(F)c(-c2cn(SI)c3ncc(Cl)cc23)nc1NC1CC2CCC1CC2. The van der Waals surface area contributed by atoms with Gasteiger partial charge in [0.15, 0.2) is 23.1 Å². The zero-order chi connectivity index (χ0) is 20.1. The van der Waals surface area contributed by atoms with E-state index >= 15 is 0 Å². The lowest BCUT2D eigenvalue weighted by Crippen LogP contribution is -2.40. The summed E-state index contributed by atoms with van der Waals surface area (Å²) < 4.78 is 31.2. The highest BCUT2D eigenvalue weighted by molar-refractivity contribution is 14.2. The van der Waals surface area contributed by atoms with Crippen molar-refractivity contribution in [3.63, 3.8) is 0 Å². The molecule has 9 heteroatoms. The molecular weight excluding hydrogens is 529 g/mol. The first-order valence-corrected chi connectivity index (χ1v) is 13.3. The Labute approximate surface area is 188 Å². The molecule has 0 spiro atoms. The lowest BCUT2D eigenvalue weighted by Gasteiger charge is -2.42. The molecule has 0 saturated heterocycles. The van der Waals surface area contributed by atoms with E-state index in [0.29, 0.717) is 33.5 Å². The normalized spacial score (nSPS) is 23.7. The fourth-order valence-electron chi connectivity index (χ4n) is 4.78. The van der Waals surface area contributed by atoms with Gasteiger partial charge in [-0.25, -0.2) is 18.7 Å². The van der Waals surface area contributed by atoms with E-state index < -0.39 is 11.6 Å². The molecule has 0 aromatic carbocycles. The summed E-state index contributed by atoms with van der Waals surface area (Å²) in [5.41, 5.74) is 1.31. The third-order valence-electron chi connectivity index (χ3n) is 6.21. The maximum absolute atomic E-state index is 14.8. The van der Waals surface area contributed by atoms with Crippen LogP contribution in [0.4, 0.5) is 14.6 Å². The summed E-state index contributed by atoms with van der Waals surface area (Å²) in [5.74, 6) is 0.00548. The van der Waals surface area contributed by atoms with Crippen molar-refractivity contribution in [3.8, 4) is 11.3 Å². The summed E-state index contributed by atoms with van der Waals surface area (Å²) in [6.07, 6.45) is 9.20. The summed E-state index contributed by atoms with van der Waals surface area (Å²) in [4.78, 5) is 8.74. The fraction of sp³-hybridized carbons (Fsp3) is 0.400. The average Bonchev–Trinajstić information content (AvgIpc) is 3.08. The molecule has 152 valence electrons. The smallest absolute Gasteiger partial charge is 0.168 e. The Bertz CT molecular complexity index is 1080. The number of anilines is 1. The largest absolute Gasteiger partial charge is 0.365 e. The summed E-state index contributed by atoms with van der Waals surface area (Å²) in [6.45, 7) is 0. The van der Waals surface area contributed by atoms with E-state index in [4.69, 9.17) is 11.6 Å². The van der Waals surface area contributed by atoms with Gasteiger partial charge in [0, 0.05) is 65.8 Å². The molecule has 29 heavy (non-hydrogen) atoms. The molecule has 3 saturated carbocycles. The molecule has 1 N–H and O–H groups in total. The van der Waals surface area contributed by atoms with Gasteiger partial charge in [-0.2, -0.15) is 0 Å². The van der Waals surface area contributed by atoms with Crippen LogP contribution in [-0.4, -0.2) is 20.0 Å². The molecule has 3 aliphatic carbocycles. The van der Waals surface area contributed by atoms with E-state index in [1.807, 2.05) is 3.97 Å². The number of halogens is 4. The molecule has 1 unspecified atom stereocenters. The van der Waals surface area contributed by atoms with Gasteiger partial charge in [0.1, 0.15) is 5.69 Å². The van der Waals surface area contributed by atoms with Gasteiger partial charge in [-0.15, -0.1) is 0 Å².